The first-order chi connectivity index (χ1) is 12.3. The van der Waals surface area contributed by atoms with Crippen molar-refractivity contribution in [3.05, 3.63) is 63.8 Å². The molecule has 0 radical (unpaired) electrons. The minimum atomic E-state index is 0.235. The fraction of sp³-hybridized carbons (Fsp3) is 0.480. The standard InChI is InChI=1S/C23H29N.C2H6/c1-7-23(5,6)22-16(3)12-18-10-8-9-11-19(18)21(22)20-13-15(2)17(4)14-24-20;1-2/h8-14,16,22H,7H2,1-6H3;1-2H3. The third kappa shape index (κ3) is 3.77. The molecule has 1 aliphatic rings. The molecule has 0 fully saturated rings. The molecule has 140 valence electrons. The lowest BCUT2D eigenvalue weighted by molar-refractivity contribution is 0.222. The van der Waals surface area contributed by atoms with E-state index < -0.39 is 0 Å². The Balaban J connectivity index is 0.00000117. The fourth-order valence-electron chi connectivity index (χ4n) is 4.09. The van der Waals surface area contributed by atoms with E-state index in [1.807, 2.05) is 20.0 Å². The smallest absolute Gasteiger partial charge is 0.0673 e. The molecule has 0 saturated carbocycles. The van der Waals surface area contributed by atoms with Gasteiger partial charge in [-0.05, 0) is 64.3 Å². The van der Waals surface area contributed by atoms with E-state index in [9.17, 15) is 0 Å². The van der Waals surface area contributed by atoms with Crippen LogP contribution in [0.25, 0.3) is 11.6 Å². The molecule has 2 unspecified atom stereocenters. The highest BCUT2D eigenvalue weighted by atomic mass is 14.7. The fourth-order valence-corrected chi connectivity index (χ4v) is 4.09. The first kappa shape index (κ1) is 20.4. The van der Waals surface area contributed by atoms with Crippen molar-refractivity contribution in [1.29, 1.82) is 0 Å². The first-order valence-electron chi connectivity index (χ1n) is 10.1. The zero-order valence-corrected chi connectivity index (χ0v) is 17.9. The minimum Gasteiger partial charge on any atom is -0.256 e. The van der Waals surface area contributed by atoms with Crippen LogP contribution in [0.1, 0.15) is 64.8 Å². The van der Waals surface area contributed by atoms with E-state index in [0.29, 0.717) is 11.8 Å². The van der Waals surface area contributed by atoms with Crippen molar-refractivity contribution in [1.82, 2.24) is 4.98 Å². The molecule has 1 aromatic heterocycles. The number of pyridine rings is 1. The van der Waals surface area contributed by atoms with Gasteiger partial charge in [0.05, 0.1) is 5.69 Å². The van der Waals surface area contributed by atoms with Crippen molar-refractivity contribution >= 4 is 11.6 Å². The van der Waals surface area contributed by atoms with Gasteiger partial charge in [0.25, 0.3) is 0 Å². The van der Waals surface area contributed by atoms with Gasteiger partial charge in [0, 0.05) is 6.20 Å². The monoisotopic (exact) mass is 349 g/mol. The van der Waals surface area contributed by atoms with E-state index in [1.165, 1.54) is 27.1 Å². The summed E-state index contributed by atoms with van der Waals surface area (Å²) in [5, 5.41) is 2.71. The summed E-state index contributed by atoms with van der Waals surface area (Å²) in [4.78, 5) is 4.84. The lowest BCUT2D eigenvalue weighted by Gasteiger charge is -2.40. The largest absolute Gasteiger partial charge is 0.256 e. The van der Waals surface area contributed by atoms with Crippen molar-refractivity contribution in [2.24, 2.45) is 17.3 Å². The van der Waals surface area contributed by atoms with E-state index in [-0.39, 0.29) is 5.41 Å². The number of aryl methyl sites for hydroxylation is 2. The average molecular weight is 350 g/mol. The van der Waals surface area contributed by atoms with E-state index in [2.05, 4.69) is 78.0 Å². The predicted octanol–water partition coefficient (Wildman–Crippen LogP) is 5.41. The SMILES string of the molecule is CC.CCC(C)(C)C1C(c2cc(C)c(C)cn2)=c2ccccc2=CC1C. The van der Waals surface area contributed by atoms with Crippen molar-refractivity contribution in [3.63, 3.8) is 0 Å². The Hall–Kier alpha value is -1.89. The topological polar surface area (TPSA) is 12.9 Å². The normalized spacial score (nSPS) is 19.2. The second-order valence-electron chi connectivity index (χ2n) is 8.00. The molecule has 0 bridgehead atoms. The molecule has 0 aliphatic heterocycles. The van der Waals surface area contributed by atoms with Gasteiger partial charge in [0.15, 0.2) is 0 Å². The van der Waals surface area contributed by atoms with Gasteiger partial charge in [0.2, 0.25) is 0 Å². The molecule has 1 aliphatic carbocycles. The van der Waals surface area contributed by atoms with Crippen molar-refractivity contribution in [3.8, 4) is 0 Å². The van der Waals surface area contributed by atoms with E-state index in [1.54, 1.807) is 0 Å². The maximum atomic E-state index is 4.84. The molecule has 1 heterocycles. The molecule has 3 rings (SSSR count). The van der Waals surface area contributed by atoms with E-state index >= 15 is 0 Å². The van der Waals surface area contributed by atoms with Crippen LogP contribution >= 0.6 is 0 Å². The molecule has 0 spiro atoms. The van der Waals surface area contributed by atoms with Gasteiger partial charge < -0.3 is 0 Å². The van der Waals surface area contributed by atoms with Gasteiger partial charge in [-0.25, -0.2) is 0 Å². The molecule has 2 aromatic rings. The van der Waals surface area contributed by atoms with Crippen molar-refractivity contribution < 1.29 is 0 Å². The van der Waals surface area contributed by atoms with Gasteiger partial charge in [-0.1, -0.05) is 78.3 Å². The van der Waals surface area contributed by atoms with Crippen molar-refractivity contribution in [2.45, 2.75) is 61.8 Å². The number of hydrogen-bond donors (Lipinski definition) is 0. The number of nitrogens with zero attached hydrogens (tertiary/aromatic N) is 1. The molecule has 1 nitrogen and oxygen atoms in total. The zero-order valence-electron chi connectivity index (χ0n) is 17.9. The van der Waals surface area contributed by atoms with E-state index in [0.717, 1.165) is 12.1 Å². The maximum Gasteiger partial charge on any atom is 0.0673 e. The summed E-state index contributed by atoms with van der Waals surface area (Å²) in [6, 6.07) is 11.1. The Labute approximate surface area is 159 Å². The molecular weight excluding hydrogens is 314 g/mol. The van der Waals surface area contributed by atoms with Gasteiger partial charge in [0.1, 0.15) is 0 Å². The number of aromatic nitrogens is 1. The third-order valence-electron chi connectivity index (χ3n) is 5.93. The number of rotatable bonds is 3. The Morgan fingerprint density at radius 3 is 2.31 bits per heavy atom. The Morgan fingerprint density at radius 2 is 1.69 bits per heavy atom. The van der Waals surface area contributed by atoms with Crippen LogP contribution in [0.5, 0.6) is 0 Å². The van der Waals surface area contributed by atoms with Crippen LogP contribution in [0.4, 0.5) is 0 Å². The summed E-state index contributed by atoms with van der Waals surface area (Å²) in [5.41, 5.74) is 5.39. The predicted molar refractivity (Wildman–Crippen MR) is 114 cm³/mol. The molecule has 2 atom stereocenters. The van der Waals surface area contributed by atoms with Gasteiger partial charge in [-0.2, -0.15) is 0 Å². The summed E-state index contributed by atoms with van der Waals surface area (Å²) in [6.45, 7) is 17.8. The molecular formula is C25H35N. The second kappa shape index (κ2) is 8.20. The molecule has 1 aromatic carbocycles. The Kier molecular flexibility index (Phi) is 6.44. The summed E-state index contributed by atoms with van der Waals surface area (Å²) in [5.74, 6) is 0.986. The van der Waals surface area contributed by atoms with Crippen LogP contribution in [0.3, 0.4) is 0 Å². The number of benzene rings is 1. The Morgan fingerprint density at radius 1 is 1.04 bits per heavy atom. The average Bonchev–Trinajstić information content (AvgIpc) is 2.64. The lowest BCUT2D eigenvalue weighted by atomic mass is 9.64. The Bertz CT molecular complexity index is 873. The molecule has 1 heteroatoms. The summed E-state index contributed by atoms with van der Waals surface area (Å²) >= 11 is 0. The summed E-state index contributed by atoms with van der Waals surface area (Å²) < 4.78 is 0. The maximum absolute atomic E-state index is 4.84. The quantitative estimate of drug-likeness (QED) is 0.722. The molecule has 26 heavy (non-hydrogen) atoms. The highest BCUT2D eigenvalue weighted by Crippen LogP contribution is 2.44. The third-order valence-corrected chi connectivity index (χ3v) is 5.93. The summed E-state index contributed by atoms with van der Waals surface area (Å²) in [6.07, 6.45) is 5.63. The van der Waals surface area contributed by atoms with Crippen LogP contribution in [0, 0.1) is 31.1 Å². The van der Waals surface area contributed by atoms with Crippen molar-refractivity contribution in [2.75, 3.05) is 0 Å². The highest BCUT2D eigenvalue weighted by Gasteiger charge is 2.37. The second-order valence-corrected chi connectivity index (χ2v) is 8.00. The van der Waals surface area contributed by atoms with E-state index in [4.69, 9.17) is 4.98 Å². The number of hydrogen-bond acceptors (Lipinski definition) is 1. The van der Waals surface area contributed by atoms with Gasteiger partial charge in [-0.15, -0.1) is 0 Å². The van der Waals surface area contributed by atoms with Crippen LogP contribution in [0.15, 0.2) is 36.5 Å². The van der Waals surface area contributed by atoms with Crippen LogP contribution < -0.4 is 10.4 Å². The van der Waals surface area contributed by atoms with Gasteiger partial charge in [-0.3, -0.25) is 4.98 Å². The highest BCUT2D eigenvalue weighted by molar-refractivity contribution is 5.69. The molecule has 0 amide bonds. The molecule has 0 saturated heterocycles. The zero-order chi connectivity index (χ0) is 19.5. The van der Waals surface area contributed by atoms with Crippen LogP contribution in [0.2, 0.25) is 0 Å². The number of fused-ring (bicyclic) bond motifs is 1. The van der Waals surface area contributed by atoms with Crippen LogP contribution in [-0.4, -0.2) is 4.98 Å². The first-order valence-corrected chi connectivity index (χ1v) is 10.1. The minimum absolute atomic E-state index is 0.235. The van der Waals surface area contributed by atoms with Gasteiger partial charge >= 0.3 is 0 Å². The molecule has 0 N–H and O–H groups in total. The lowest BCUT2D eigenvalue weighted by Crippen LogP contribution is -2.42. The van der Waals surface area contributed by atoms with Crippen LogP contribution in [-0.2, 0) is 0 Å². The summed E-state index contributed by atoms with van der Waals surface area (Å²) in [7, 11) is 0.